The Morgan fingerprint density at radius 3 is 2.60 bits per heavy atom. The number of aliphatic imine (C=N–C) groups is 1. The SMILES string of the molecule is C/C=C\C(CC=NC)c1cc[n+](C)cc1. The van der Waals surface area contributed by atoms with Gasteiger partial charge in [-0.25, -0.2) is 4.57 Å². The lowest BCUT2D eigenvalue weighted by Gasteiger charge is -2.08. The summed E-state index contributed by atoms with van der Waals surface area (Å²) in [5.74, 6) is 0.444. The van der Waals surface area contributed by atoms with Crippen LogP contribution in [0.5, 0.6) is 0 Å². The van der Waals surface area contributed by atoms with Crippen molar-refractivity contribution < 1.29 is 4.57 Å². The van der Waals surface area contributed by atoms with Gasteiger partial charge in [-0.15, -0.1) is 0 Å². The summed E-state index contributed by atoms with van der Waals surface area (Å²) in [6.45, 7) is 2.05. The highest BCUT2D eigenvalue weighted by Gasteiger charge is 2.07. The third kappa shape index (κ3) is 3.66. The molecule has 0 saturated heterocycles. The fourth-order valence-electron chi connectivity index (χ4n) is 1.54. The minimum absolute atomic E-state index is 0.444. The van der Waals surface area contributed by atoms with Gasteiger partial charge in [-0.05, 0) is 25.1 Å². The molecular formula is C13H19N2+. The van der Waals surface area contributed by atoms with Gasteiger partial charge in [-0.2, -0.15) is 0 Å². The maximum absolute atomic E-state index is 4.04. The van der Waals surface area contributed by atoms with Crippen LogP contribution < -0.4 is 4.57 Å². The fourth-order valence-corrected chi connectivity index (χ4v) is 1.54. The van der Waals surface area contributed by atoms with Crippen LogP contribution in [-0.4, -0.2) is 13.3 Å². The smallest absolute Gasteiger partial charge is 0.168 e. The monoisotopic (exact) mass is 203 g/mol. The lowest BCUT2D eigenvalue weighted by Crippen LogP contribution is -2.26. The Morgan fingerprint density at radius 1 is 1.40 bits per heavy atom. The molecule has 0 spiro atoms. The first kappa shape index (κ1) is 11.6. The van der Waals surface area contributed by atoms with E-state index in [-0.39, 0.29) is 0 Å². The molecule has 0 saturated carbocycles. The van der Waals surface area contributed by atoms with Gasteiger partial charge in [-0.3, -0.25) is 0 Å². The molecule has 1 atom stereocenters. The molecular weight excluding hydrogens is 184 g/mol. The van der Waals surface area contributed by atoms with Crippen molar-refractivity contribution in [3.05, 3.63) is 42.2 Å². The van der Waals surface area contributed by atoms with Crippen LogP contribution in [0.2, 0.25) is 0 Å². The molecule has 2 nitrogen and oxygen atoms in total. The molecule has 15 heavy (non-hydrogen) atoms. The molecule has 1 rings (SSSR count). The fraction of sp³-hybridized carbons (Fsp3) is 0.385. The molecule has 1 unspecified atom stereocenters. The second-order valence-corrected chi connectivity index (χ2v) is 3.61. The molecule has 0 radical (unpaired) electrons. The maximum Gasteiger partial charge on any atom is 0.168 e. The van der Waals surface area contributed by atoms with Crippen LogP contribution in [0.15, 0.2) is 41.7 Å². The molecule has 0 N–H and O–H groups in total. The largest absolute Gasteiger partial charge is 0.301 e. The van der Waals surface area contributed by atoms with Gasteiger partial charge in [0.2, 0.25) is 0 Å². The Bertz CT molecular complexity index is 336. The Kier molecular flexibility index (Phi) is 4.75. The summed E-state index contributed by atoms with van der Waals surface area (Å²) in [5, 5.41) is 0. The van der Waals surface area contributed by atoms with Gasteiger partial charge in [0.1, 0.15) is 7.05 Å². The average Bonchev–Trinajstić information content (AvgIpc) is 2.25. The Morgan fingerprint density at radius 2 is 2.07 bits per heavy atom. The number of aryl methyl sites for hydroxylation is 1. The minimum atomic E-state index is 0.444. The zero-order valence-electron chi connectivity index (χ0n) is 9.72. The molecule has 2 heteroatoms. The second kappa shape index (κ2) is 6.12. The summed E-state index contributed by atoms with van der Waals surface area (Å²) >= 11 is 0. The first-order valence-corrected chi connectivity index (χ1v) is 5.26. The highest BCUT2D eigenvalue weighted by molar-refractivity contribution is 5.59. The molecule has 0 bridgehead atoms. The van der Waals surface area contributed by atoms with E-state index in [0.29, 0.717) is 5.92 Å². The molecule has 1 aromatic rings. The summed E-state index contributed by atoms with van der Waals surface area (Å²) < 4.78 is 2.05. The van der Waals surface area contributed by atoms with E-state index in [4.69, 9.17) is 0 Å². The minimum Gasteiger partial charge on any atom is -0.301 e. The quantitative estimate of drug-likeness (QED) is 0.405. The maximum atomic E-state index is 4.04. The number of hydrogen-bond donors (Lipinski definition) is 0. The van der Waals surface area contributed by atoms with Gasteiger partial charge in [0.25, 0.3) is 0 Å². The number of nitrogens with zero attached hydrogens (tertiary/aromatic N) is 2. The molecule has 0 amide bonds. The van der Waals surface area contributed by atoms with Crippen molar-refractivity contribution in [1.29, 1.82) is 0 Å². The first-order valence-electron chi connectivity index (χ1n) is 5.26. The number of aromatic nitrogens is 1. The first-order chi connectivity index (χ1) is 7.27. The van der Waals surface area contributed by atoms with E-state index >= 15 is 0 Å². The van der Waals surface area contributed by atoms with Crippen molar-refractivity contribution >= 4 is 6.21 Å². The lowest BCUT2D eigenvalue weighted by molar-refractivity contribution is -0.671. The van der Waals surface area contributed by atoms with E-state index in [1.807, 2.05) is 24.9 Å². The predicted octanol–water partition coefficient (Wildman–Crippen LogP) is 2.26. The zero-order valence-corrected chi connectivity index (χ0v) is 9.72. The molecule has 0 aliphatic heterocycles. The number of allylic oxidation sites excluding steroid dienone is 2. The molecule has 0 aromatic carbocycles. The van der Waals surface area contributed by atoms with Crippen LogP contribution in [-0.2, 0) is 7.05 Å². The van der Waals surface area contributed by atoms with E-state index in [1.54, 1.807) is 0 Å². The molecule has 0 aliphatic carbocycles. The molecule has 1 heterocycles. The summed E-state index contributed by atoms with van der Waals surface area (Å²) in [6, 6.07) is 4.32. The van der Waals surface area contributed by atoms with Gasteiger partial charge in [0.15, 0.2) is 12.4 Å². The van der Waals surface area contributed by atoms with Crippen molar-refractivity contribution in [3.8, 4) is 0 Å². The summed E-state index contributed by atoms with van der Waals surface area (Å²) in [6.07, 6.45) is 11.4. The van der Waals surface area contributed by atoms with Gasteiger partial charge < -0.3 is 4.99 Å². The Balaban J connectivity index is 2.83. The normalized spacial score (nSPS) is 13.8. The predicted molar refractivity (Wildman–Crippen MR) is 64.2 cm³/mol. The van der Waals surface area contributed by atoms with Crippen LogP contribution >= 0.6 is 0 Å². The highest BCUT2D eigenvalue weighted by Crippen LogP contribution is 2.18. The summed E-state index contributed by atoms with van der Waals surface area (Å²) in [4.78, 5) is 4.04. The van der Waals surface area contributed by atoms with Crippen LogP contribution in [0.3, 0.4) is 0 Å². The van der Waals surface area contributed by atoms with E-state index in [1.165, 1.54) is 5.56 Å². The van der Waals surface area contributed by atoms with Gasteiger partial charge in [-0.1, -0.05) is 12.2 Å². The Hall–Kier alpha value is -1.44. The van der Waals surface area contributed by atoms with E-state index in [2.05, 4.69) is 48.6 Å². The third-order valence-corrected chi connectivity index (χ3v) is 2.40. The summed E-state index contributed by atoms with van der Waals surface area (Å²) in [7, 11) is 3.85. The molecule has 0 aliphatic rings. The summed E-state index contributed by atoms with van der Waals surface area (Å²) in [5.41, 5.74) is 1.34. The third-order valence-electron chi connectivity index (χ3n) is 2.40. The van der Waals surface area contributed by atoms with E-state index in [0.717, 1.165) is 6.42 Å². The van der Waals surface area contributed by atoms with E-state index < -0.39 is 0 Å². The van der Waals surface area contributed by atoms with E-state index in [9.17, 15) is 0 Å². The standard InChI is InChI=1S/C13H19N2/c1-4-5-12(6-9-14-2)13-7-10-15(3)11-8-13/h4-5,7-12H,6H2,1-3H3/q+1/b5-4-,14-9?. The number of rotatable bonds is 4. The molecule has 1 aromatic heterocycles. The van der Waals surface area contributed by atoms with Crippen molar-refractivity contribution in [2.24, 2.45) is 12.0 Å². The van der Waals surface area contributed by atoms with Crippen LogP contribution in [0.4, 0.5) is 0 Å². The number of pyridine rings is 1. The van der Waals surface area contributed by atoms with Crippen molar-refractivity contribution in [1.82, 2.24) is 0 Å². The molecule has 0 fully saturated rings. The molecule has 80 valence electrons. The highest BCUT2D eigenvalue weighted by atomic mass is 14.9. The van der Waals surface area contributed by atoms with Crippen LogP contribution in [0.1, 0.15) is 24.8 Å². The number of hydrogen-bond acceptors (Lipinski definition) is 1. The van der Waals surface area contributed by atoms with Crippen molar-refractivity contribution in [2.75, 3.05) is 7.05 Å². The second-order valence-electron chi connectivity index (χ2n) is 3.61. The van der Waals surface area contributed by atoms with Gasteiger partial charge in [0.05, 0.1) is 0 Å². The zero-order chi connectivity index (χ0) is 11.1. The average molecular weight is 203 g/mol. The van der Waals surface area contributed by atoms with Gasteiger partial charge in [0, 0.05) is 25.1 Å². The van der Waals surface area contributed by atoms with Crippen LogP contribution in [0.25, 0.3) is 0 Å². The van der Waals surface area contributed by atoms with Crippen molar-refractivity contribution in [3.63, 3.8) is 0 Å². The van der Waals surface area contributed by atoms with Crippen LogP contribution in [0, 0.1) is 0 Å². The van der Waals surface area contributed by atoms with Crippen molar-refractivity contribution in [2.45, 2.75) is 19.3 Å². The Labute approximate surface area is 92.0 Å². The lowest BCUT2D eigenvalue weighted by atomic mass is 9.97. The van der Waals surface area contributed by atoms with Gasteiger partial charge >= 0.3 is 0 Å². The topological polar surface area (TPSA) is 16.2 Å².